The molecule has 0 atom stereocenters. The van der Waals surface area contributed by atoms with Crippen molar-refractivity contribution in [1.82, 2.24) is 4.67 Å². The molecule has 0 saturated heterocycles. The molecule has 132 valence electrons. The van der Waals surface area contributed by atoms with E-state index >= 15 is 0 Å². The standard InChI is InChI=1S/C21H28N2OSi/c1-5-20(16-21(24)19-14-10-7-11-15-19)22-23(25(2,3)4)17-18-12-8-6-9-13-18/h6-15H,5,16-17H2,1-4H3. The highest BCUT2D eigenvalue weighted by molar-refractivity contribution is 6.73. The molecule has 0 aliphatic rings. The van der Waals surface area contributed by atoms with Gasteiger partial charge in [0.1, 0.15) is 0 Å². The fourth-order valence-corrected chi connectivity index (χ4v) is 3.59. The number of benzene rings is 2. The Balaban J connectivity index is 2.18. The number of carbonyl (C=O) groups excluding carboxylic acids is 1. The van der Waals surface area contributed by atoms with Crippen molar-refractivity contribution >= 4 is 19.7 Å². The van der Waals surface area contributed by atoms with Gasteiger partial charge in [-0.3, -0.25) is 4.79 Å². The first-order valence-corrected chi connectivity index (χ1v) is 12.3. The van der Waals surface area contributed by atoms with Crippen molar-refractivity contribution in [3.8, 4) is 0 Å². The molecule has 0 aromatic heterocycles. The van der Waals surface area contributed by atoms with E-state index in [2.05, 4.69) is 55.5 Å². The van der Waals surface area contributed by atoms with Crippen molar-refractivity contribution < 1.29 is 4.79 Å². The molecule has 4 heteroatoms. The van der Waals surface area contributed by atoms with Gasteiger partial charge in [-0.05, 0) is 12.0 Å². The summed E-state index contributed by atoms with van der Waals surface area (Å²) < 4.78 is 2.22. The molecule has 0 spiro atoms. The van der Waals surface area contributed by atoms with Gasteiger partial charge >= 0.3 is 0 Å². The van der Waals surface area contributed by atoms with Gasteiger partial charge in [-0.25, -0.2) is 0 Å². The van der Waals surface area contributed by atoms with Gasteiger partial charge in [-0.1, -0.05) is 87.2 Å². The van der Waals surface area contributed by atoms with Crippen molar-refractivity contribution in [1.29, 1.82) is 0 Å². The number of ketones is 1. The number of rotatable bonds is 8. The summed E-state index contributed by atoms with van der Waals surface area (Å²) in [6.45, 7) is 9.71. The van der Waals surface area contributed by atoms with Crippen molar-refractivity contribution in [2.45, 2.75) is 46.0 Å². The summed E-state index contributed by atoms with van der Waals surface area (Å²) >= 11 is 0. The maximum absolute atomic E-state index is 12.5. The molecule has 0 saturated carbocycles. The van der Waals surface area contributed by atoms with E-state index in [1.54, 1.807) is 0 Å². The number of hydrogen-bond acceptors (Lipinski definition) is 3. The first-order valence-electron chi connectivity index (χ1n) is 8.86. The monoisotopic (exact) mass is 352 g/mol. The molecule has 2 aromatic carbocycles. The Kier molecular flexibility index (Phi) is 6.71. The van der Waals surface area contributed by atoms with Gasteiger partial charge in [0.25, 0.3) is 0 Å². The van der Waals surface area contributed by atoms with Crippen LogP contribution in [0.25, 0.3) is 0 Å². The Bertz CT molecular complexity index is 706. The van der Waals surface area contributed by atoms with Crippen LogP contribution in [-0.2, 0) is 6.54 Å². The van der Waals surface area contributed by atoms with Gasteiger partial charge < -0.3 is 4.67 Å². The highest BCUT2D eigenvalue weighted by Crippen LogP contribution is 2.17. The lowest BCUT2D eigenvalue weighted by Crippen LogP contribution is -2.42. The molecule has 25 heavy (non-hydrogen) atoms. The van der Waals surface area contributed by atoms with Crippen LogP contribution in [0, 0.1) is 0 Å². The average Bonchev–Trinajstić information content (AvgIpc) is 2.61. The summed E-state index contributed by atoms with van der Waals surface area (Å²) in [5.41, 5.74) is 2.96. The minimum absolute atomic E-state index is 0.136. The number of carbonyl (C=O) groups is 1. The van der Waals surface area contributed by atoms with Gasteiger partial charge in [-0.2, -0.15) is 5.10 Å². The Hall–Kier alpha value is -2.20. The molecule has 0 heterocycles. The molecule has 0 bridgehead atoms. The van der Waals surface area contributed by atoms with Crippen LogP contribution in [0.4, 0.5) is 0 Å². The Morgan fingerprint density at radius 2 is 1.52 bits per heavy atom. The SMILES string of the molecule is CCC(CC(=O)c1ccccc1)=NN(Cc1ccccc1)[Si](C)(C)C. The van der Waals surface area contributed by atoms with Crippen molar-refractivity contribution in [3.05, 3.63) is 71.8 Å². The number of Topliss-reactive ketones (excluding diaryl/α,β-unsaturated/α-hetero) is 1. The normalized spacial score (nSPS) is 12.1. The quantitative estimate of drug-likeness (QED) is 0.277. The highest BCUT2D eigenvalue weighted by atomic mass is 28.3. The molecule has 0 radical (unpaired) electrons. The number of hydrazone groups is 1. The maximum Gasteiger partial charge on any atom is 0.169 e. The Morgan fingerprint density at radius 1 is 0.960 bits per heavy atom. The Morgan fingerprint density at radius 3 is 2.04 bits per heavy atom. The summed E-state index contributed by atoms with van der Waals surface area (Å²) in [5.74, 6) is 0.136. The third-order valence-electron chi connectivity index (χ3n) is 4.08. The molecule has 0 unspecified atom stereocenters. The van der Waals surface area contributed by atoms with E-state index in [-0.39, 0.29) is 5.78 Å². The molecule has 2 aromatic rings. The van der Waals surface area contributed by atoms with E-state index in [0.717, 1.165) is 24.2 Å². The topological polar surface area (TPSA) is 32.7 Å². The second-order valence-electron chi connectivity index (χ2n) is 7.20. The molecule has 0 amide bonds. The molecule has 0 N–H and O–H groups in total. The van der Waals surface area contributed by atoms with E-state index < -0.39 is 8.24 Å². The van der Waals surface area contributed by atoms with E-state index in [9.17, 15) is 4.79 Å². The maximum atomic E-state index is 12.5. The van der Waals surface area contributed by atoms with Crippen molar-refractivity contribution in [2.75, 3.05) is 0 Å². The van der Waals surface area contributed by atoms with Crippen LogP contribution in [0.1, 0.15) is 35.7 Å². The summed E-state index contributed by atoms with van der Waals surface area (Å²) in [6, 6.07) is 19.9. The number of hydrogen-bond donors (Lipinski definition) is 0. The third kappa shape index (κ3) is 5.98. The number of nitrogens with zero attached hydrogens (tertiary/aromatic N) is 2. The lowest BCUT2D eigenvalue weighted by Gasteiger charge is -2.32. The molecular weight excluding hydrogens is 324 g/mol. The molecule has 0 aliphatic heterocycles. The van der Waals surface area contributed by atoms with Crippen LogP contribution in [0.15, 0.2) is 65.8 Å². The smallest absolute Gasteiger partial charge is 0.169 e. The predicted octanol–water partition coefficient (Wildman–Crippen LogP) is 5.36. The molecular formula is C21H28N2OSi. The molecule has 3 nitrogen and oxygen atoms in total. The lowest BCUT2D eigenvalue weighted by atomic mass is 10.0. The van der Waals surface area contributed by atoms with Crippen LogP contribution < -0.4 is 0 Å². The fourth-order valence-electron chi connectivity index (χ4n) is 2.49. The first-order chi connectivity index (χ1) is 11.9. The molecule has 2 rings (SSSR count). The first kappa shape index (κ1) is 19.1. The van der Waals surface area contributed by atoms with E-state index in [0.29, 0.717) is 6.42 Å². The fraction of sp³-hybridized carbons (Fsp3) is 0.333. The van der Waals surface area contributed by atoms with Crippen LogP contribution in [0.5, 0.6) is 0 Å². The summed E-state index contributed by atoms with van der Waals surface area (Å²) in [6.07, 6.45) is 1.17. The van der Waals surface area contributed by atoms with Crippen LogP contribution in [0.3, 0.4) is 0 Å². The van der Waals surface area contributed by atoms with Crippen molar-refractivity contribution in [2.24, 2.45) is 5.10 Å². The van der Waals surface area contributed by atoms with Crippen molar-refractivity contribution in [3.63, 3.8) is 0 Å². The van der Waals surface area contributed by atoms with Crippen LogP contribution >= 0.6 is 0 Å². The third-order valence-corrected chi connectivity index (χ3v) is 5.89. The van der Waals surface area contributed by atoms with E-state index in [4.69, 9.17) is 5.10 Å². The van der Waals surface area contributed by atoms with Crippen LogP contribution in [-0.4, -0.2) is 24.4 Å². The average molecular weight is 353 g/mol. The Labute approximate surface area is 152 Å². The van der Waals surface area contributed by atoms with Gasteiger partial charge in [-0.15, -0.1) is 0 Å². The van der Waals surface area contributed by atoms with E-state index in [1.807, 2.05) is 36.4 Å². The van der Waals surface area contributed by atoms with E-state index in [1.165, 1.54) is 5.56 Å². The van der Waals surface area contributed by atoms with Gasteiger partial charge in [0, 0.05) is 11.3 Å². The van der Waals surface area contributed by atoms with Crippen LogP contribution in [0.2, 0.25) is 19.6 Å². The molecule has 0 fully saturated rings. The zero-order chi connectivity index (χ0) is 18.3. The highest BCUT2D eigenvalue weighted by Gasteiger charge is 2.24. The minimum Gasteiger partial charge on any atom is -0.320 e. The summed E-state index contributed by atoms with van der Waals surface area (Å²) in [5, 5.41) is 4.92. The summed E-state index contributed by atoms with van der Waals surface area (Å²) in [7, 11) is -1.64. The zero-order valence-corrected chi connectivity index (χ0v) is 16.7. The minimum atomic E-state index is -1.64. The zero-order valence-electron chi connectivity index (χ0n) is 15.7. The molecule has 0 aliphatic carbocycles. The second kappa shape index (κ2) is 8.76. The second-order valence-corrected chi connectivity index (χ2v) is 12.1. The van der Waals surface area contributed by atoms with Gasteiger partial charge in [0.05, 0.1) is 13.0 Å². The van der Waals surface area contributed by atoms with Gasteiger partial charge in [0.15, 0.2) is 14.0 Å². The van der Waals surface area contributed by atoms with Gasteiger partial charge in [0.2, 0.25) is 0 Å². The predicted molar refractivity (Wildman–Crippen MR) is 108 cm³/mol. The largest absolute Gasteiger partial charge is 0.320 e. The lowest BCUT2D eigenvalue weighted by molar-refractivity contribution is 0.0999. The summed E-state index contributed by atoms with van der Waals surface area (Å²) in [4.78, 5) is 12.5.